The normalized spacial score (nSPS) is 10.3. The standard InChI is InChI=1S/C13H14ClN3O2/c1-18-7-9-5-3-4-6-10(9)17-13-11(19-2)12(14)15-8-16-13/h3-6,8H,7H2,1-2H3,(H,15,16,17). The molecule has 2 rings (SSSR count). The first-order valence-corrected chi connectivity index (χ1v) is 6.02. The molecule has 1 heterocycles. The van der Waals surface area contributed by atoms with Crippen molar-refractivity contribution in [2.24, 2.45) is 0 Å². The van der Waals surface area contributed by atoms with Crippen LogP contribution >= 0.6 is 11.6 Å². The van der Waals surface area contributed by atoms with Crippen LogP contribution in [0, 0.1) is 0 Å². The van der Waals surface area contributed by atoms with Crippen LogP contribution in [0.3, 0.4) is 0 Å². The highest BCUT2D eigenvalue weighted by Crippen LogP contribution is 2.31. The van der Waals surface area contributed by atoms with E-state index in [0.717, 1.165) is 11.3 Å². The summed E-state index contributed by atoms with van der Waals surface area (Å²) in [6.07, 6.45) is 1.38. The zero-order valence-electron chi connectivity index (χ0n) is 10.7. The van der Waals surface area contributed by atoms with E-state index in [1.807, 2.05) is 24.3 Å². The first kappa shape index (κ1) is 13.6. The van der Waals surface area contributed by atoms with Gasteiger partial charge in [-0.15, -0.1) is 0 Å². The Morgan fingerprint density at radius 2 is 2.00 bits per heavy atom. The largest absolute Gasteiger partial charge is 0.490 e. The molecule has 0 bridgehead atoms. The quantitative estimate of drug-likeness (QED) is 0.853. The van der Waals surface area contributed by atoms with Gasteiger partial charge in [0.2, 0.25) is 0 Å². The minimum Gasteiger partial charge on any atom is -0.490 e. The van der Waals surface area contributed by atoms with E-state index in [1.54, 1.807) is 7.11 Å². The summed E-state index contributed by atoms with van der Waals surface area (Å²) in [6, 6.07) is 7.78. The first-order chi connectivity index (χ1) is 9.26. The lowest BCUT2D eigenvalue weighted by atomic mass is 10.2. The van der Waals surface area contributed by atoms with Gasteiger partial charge in [-0.05, 0) is 6.07 Å². The fourth-order valence-electron chi connectivity index (χ4n) is 1.67. The summed E-state index contributed by atoms with van der Waals surface area (Å²) in [5.41, 5.74) is 1.90. The number of nitrogens with one attached hydrogen (secondary N) is 1. The maximum absolute atomic E-state index is 5.96. The molecule has 19 heavy (non-hydrogen) atoms. The average molecular weight is 280 g/mol. The summed E-state index contributed by atoms with van der Waals surface area (Å²) >= 11 is 5.96. The van der Waals surface area contributed by atoms with Crippen LogP contribution < -0.4 is 10.1 Å². The van der Waals surface area contributed by atoms with Gasteiger partial charge in [-0.1, -0.05) is 29.8 Å². The van der Waals surface area contributed by atoms with E-state index < -0.39 is 0 Å². The van der Waals surface area contributed by atoms with Crippen LogP contribution in [0.1, 0.15) is 5.56 Å². The van der Waals surface area contributed by atoms with Gasteiger partial charge >= 0.3 is 0 Å². The number of aromatic nitrogens is 2. The van der Waals surface area contributed by atoms with Gasteiger partial charge in [-0.3, -0.25) is 0 Å². The van der Waals surface area contributed by atoms with E-state index in [9.17, 15) is 0 Å². The van der Waals surface area contributed by atoms with Crippen molar-refractivity contribution in [3.8, 4) is 5.75 Å². The molecule has 0 spiro atoms. The van der Waals surface area contributed by atoms with Crippen LogP contribution in [-0.2, 0) is 11.3 Å². The van der Waals surface area contributed by atoms with E-state index in [0.29, 0.717) is 18.2 Å². The molecule has 1 aromatic carbocycles. The fraction of sp³-hybridized carbons (Fsp3) is 0.231. The molecule has 0 aliphatic rings. The van der Waals surface area contributed by atoms with Crippen LogP contribution in [0.15, 0.2) is 30.6 Å². The Labute approximate surface area is 116 Å². The molecule has 0 saturated carbocycles. The molecule has 0 saturated heterocycles. The molecule has 0 unspecified atom stereocenters. The monoisotopic (exact) mass is 279 g/mol. The molecule has 2 aromatic rings. The average Bonchev–Trinajstić information content (AvgIpc) is 2.41. The molecule has 1 aromatic heterocycles. The van der Waals surface area contributed by atoms with Crippen molar-refractivity contribution >= 4 is 23.1 Å². The van der Waals surface area contributed by atoms with Gasteiger partial charge in [0.25, 0.3) is 0 Å². The summed E-state index contributed by atoms with van der Waals surface area (Å²) in [4.78, 5) is 8.01. The van der Waals surface area contributed by atoms with Crippen LogP contribution in [0.25, 0.3) is 0 Å². The smallest absolute Gasteiger partial charge is 0.199 e. The zero-order valence-corrected chi connectivity index (χ0v) is 11.4. The molecule has 100 valence electrons. The van der Waals surface area contributed by atoms with Crippen molar-refractivity contribution < 1.29 is 9.47 Å². The molecule has 1 N–H and O–H groups in total. The van der Waals surface area contributed by atoms with Gasteiger partial charge in [-0.25, -0.2) is 9.97 Å². The van der Waals surface area contributed by atoms with E-state index in [4.69, 9.17) is 21.1 Å². The Morgan fingerprint density at radius 3 is 2.74 bits per heavy atom. The number of ether oxygens (including phenoxy) is 2. The van der Waals surface area contributed by atoms with Crippen molar-refractivity contribution in [1.29, 1.82) is 0 Å². The highest BCUT2D eigenvalue weighted by Gasteiger charge is 2.11. The summed E-state index contributed by atoms with van der Waals surface area (Å²) in [5, 5.41) is 3.44. The molecule has 0 radical (unpaired) electrons. The highest BCUT2D eigenvalue weighted by atomic mass is 35.5. The van der Waals surface area contributed by atoms with Crippen LogP contribution in [0.5, 0.6) is 5.75 Å². The van der Waals surface area contributed by atoms with Gasteiger partial charge in [0, 0.05) is 18.4 Å². The predicted octanol–water partition coefficient (Wildman–Crippen LogP) is 3.03. The fourth-order valence-corrected chi connectivity index (χ4v) is 1.88. The molecule has 5 nitrogen and oxygen atoms in total. The van der Waals surface area contributed by atoms with Crippen molar-refractivity contribution in [1.82, 2.24) is 9.97 Å². The Balaban J connectivity index is 2.33. The minimum absolute atomic E-state index is 0.268. The lowest BCUT2D eigenvalue weighted by Gasteiger charge is -2.13. The second-order valence-corrected chi connectivity index (χ2v) is 4.12. The molecular weight excluding hydrogens is 266 g/mol. The Bertz CT molecular complexity index is 563. The van der Waals surface area contributed by atoms with E-state index in [1.165, 1.54) is 13.4 Å². The number of nitrogens with zero attached hydrogens (tertiary/aromatic N) is 2. The van der Waals surface area contributed by atoms with Gasteiger partial charge in [0.05, 0.1) is 13.7 Å². The summed E-state index contributed by atoms with van der Waals surface area (Å²) in [7, 11) is 3.18. The zero-order chi connectivity index (χ0) is 13.7. The molecule has 0 atom stereocenters. The topological polar surface area (TPSA) is 56.3 Å². The van der Waals surface area contributed by atoms with Crippen LogP contribution in [0.2, 0.25) is 5.15 Å². The molecule has 6 heteroatoms. The van der Waals surface area contributed by atoms with E-state index in [-0.39, 0.29) is 5.15 Å². The number of benzene rings is 1. The van der Waals surface area contributed by atoms with Gasteiger partial charge < -0.3 is 14.8 Å². The number of methoxy groups -OCH3 is 2. The number of hydrogen-bond donors (Lipinski definition) is 1. The van der Waals surface area contributed by atoms with E-state index >= 15 is 0 Å². The lowest BCUT2D eigenvalue weighted by molar-refractivity contribution is 0.185. The van der Waals surface area contributed by atoms with E-state index in [2.05, 4.69) is 15.3 Å². The number of rotatable bonds is 5. The Kier molecular flexibility index (Phi) is 4.54. The minimum atomic E-state index is 0.268. The Hall–Kier alpha value is -1.85. The third kappa shape index (κ3) is 3.13. The van der Waals surface area contributed by atoms with Crippen molar-refractivity contribution in [2.45, 2.75) is 6.61 Å². The third-order valence-electron chi connectivity index (χ3n) is 2.53. The van der Waals surface area contributed by atoms with Crippen LogP contribution in [0.4, 0.5) is 11.5 Å². The molecular formula is C13H14ClN3O2. The van der Waals surface area contributed by atoms with Crippen molar-refractivity contribution in [2.75, 3.05) is 19.5 Å². The SMILES string of the molecule is COCc1ccccc1Nc1ncnc(Cl)c1OC. The summed E-state index contributed by atoms with van der Waals surface area (Å²) in [6.45, 7) is 0.504. The number of anilines is 2. The number of halogens is 1. The maximum Gasteiger partial charge on any atom is 0.199 e. The number of para-hydroxylation sites is 1. The Morgan fingerprint density at radius 1 is 1.21 bits per heavy atom. The maximum atomic E-state index is 5.96. The van der Waals surface area contributed by atoms with Crippen LogP contribution in [-0.4, -0.2) is 24.2 Å². The van der Waals surface area contributed by atoms with Gasteiger partial charge in [0.15, 0.2) is 16.7 Å². The molecule has 0 fully saturated rings. The second-order valence-electron chi connectivity index (χ2n) is 3.76. The van der Waals surface area contributed by atoms with Gasteiger partial charge in [0.1, 0.15) is 6.33 Å². The predicted molar refractivity (Wildman–Crippen MR) is 74.0 cm³/mol. The summed E-state index contributed by atoms with van der Waals surface area (Å²) in [5.74, 6) is 0.933. The van der Waals surface area contributed by atoms with Crippen molar-refractivity contribution in [3.63, 3.8) is 0 Å². The number of hydrogen-bond acceptors (Lipinski definition) is 5. The second kappa shape index (κ2) is 6.36. The summed E-state index contributed by atoms with van der Waals surface area (Å²) < 4.78 is 10.4. The first-order valence-electron chi connectivity index (χ1n) is 5.64. The van der Waals surface area contributed by atoms with Gasteiger partial charge in [-0.2, -0.15) is 0 Å². The lowest BCUT2D eigenvalue weighted by Crippen LogP contribution is -2.02. The third-order valence-corrected chi connectivity index (χ3v) is 2.80. The molecule has 0 aliphatic carbocycles. The molecule has 0 amide bonds. The highest BCUT2D eigenvalue weighted by molar-refractivity contribution is 6.31. The molecule has 0 aliphatic heterocycles. The van der Waals surface area contributed by atoms with Crippen molar-refractivity contribution in [3.05, 3.63) is 41.3 Å².